The number of hydrogen-bond acceptors (Lipinski definition) is 4. The van der Waals surface area contributed by atoms with Crippen molar-refractivity contribution in [3.05, 3.63) is 0 Å². The van der Waals surface area contributed by atoms with Crippen molar-refractivity contribution in [3.63, 3.8) is 0 Å². The number of likely N-dealkylation sites (tertiary alicyclic amines) is 1. The number of rotatable bonds is 8. The molecule has 2 rings (SSSR count). The highest BCUT2D eigenvalue weighted by molar-refractivity contribution is 5.80. The van der Waals surface area contributed by atoms with Crippen molar-refractivity contribution in [2.45, 2.75) is 38.5 Å². The third-order valence-electron chi connectivity index (χ3n) is 4.17. The summed E-state index contributed by atoms with van der Waals surface area (Å²) in [5.74, 6) is 0.367. The van der Waals surface area contributed by atoms with Crippen LogP contribution in [0.5, 0.6) is 0 Å². The highest BCUT2D eigenvalue weighted by Gasteiger charge is 2.42. The van der Waals surface area contributed by atoms with Crippen LogP contribution in [-0.4, -0.2) is 48.7 Å². The number of nitrogens with one attached hydrogen (secondary N) is 1. The summed E-state index contributed by atoms with van der Waals surface area (Å²) < 4.78 is 0. The number of amidine groups is 1. The molecule has 0 aromatic rings. The van der Waals surface area contributed by atoms with Gasteiger partial charge in [-0.2, -0.15) is 0 Å². The summed E-state index contributed by atoms with van der Waals surface area (Å²) in [6.07, 6.45) is 7.08. The second-order valence-corrected chi connectivity index (χ2v) is 5.85. The van der Waals surface area contributed by atoms with Gasteiger partial charge >= 0.3 is 0 Å². The molecule has 0 spiro atoms. The molecule has 1 aliphatic heterocycles. The summed E-state index contributed by atoms with van der Waals surface area (Å²) in [5.41, 5.74) is 5.86. The summed E-state index contributed by atoms with van der Waals surface area (Å²) in [6.45, 7) is 5.87. The molecule has 1 aliphatic carbocycles. The topological polar surface area (TPSA) is 73.9 Å². The van der Waals surface area contributed by atoms with Gasteiger partial charge in [-0.25, -0.2) is 0 Å². The van der Waals surface area contributed by atoms with E-state index in [0.717, 1.165) is 19.5 Å². The Morgan fingerprint density at radius 1 is 1.33 bits per heavy atom. The van der Waals surface area contributed by atoms with Gasteiger partial charge in [0, 0.05) is 13.0 Å². The molecule has 0 amide bonds. The van der Waals surface area contributed by atoms with Gasteiger partial charge in [-0.05, 0) is 63.7 Å². The molecular formula is C13H26N4O. The van der Waals surface area contributed by atoms with Crippen molar-refractivity contribution in [1.29, 1.82) is 0 Å². The van der Waals surface area contributed by atoms with Crippen LogP contribution in [0.4, 0.5) is 0 Å². The van der Waals surface area contributed by atoms with Gasteiger partial charge in [-0.15, -0.1) is 0 Å². The summed E-state index contributed by atoms with van der Waals surface area (Å²) in [4.78, 5) is 2.55. The third-order valence-corrected chi connectivity index (χ3v) is 4.17. The predicted octanol–water partition coefficient (Wildman–Crippen LogP) is 0.979. The molecule has 0 unspecified atom stereocenters. The van der Waals surface area contributed by atoms with Gasteiger partial charge in [0.15, 0.2) is 0 Å². The molecule has 104 valence electrons. The number of nitrogens with zero attached hydrogens (tertiary/aromatic N) is 2. The van der Waals surface area contributed by atoms with Crippen molar-refractivity contribution < 1.29 is 5.21 Å². The van der Waals surface area contributed by atoms with Crippen LogP contribution in [0.3, 0.4) is 0 Å². The summed E-state index contributed by atoms with van der Waals surface area (Å²) in [5, 5.41) is 15.2. The highest BCUT2D eigenvalue weighted by Crippen LogP contribution is 2.48. The van der Waals surface area contributed by atoms with Crippen LogP contribution in [0.15, 0.2) is 5.16 Å². The molecular weight excluding hydrogens is 228 g/mol. The molecule has 0 radical (unpaired) electrons. The zero-order valence-corrected chi connectivity index (χ0v) is 11.2. The van der Waals surface area contributed by atoms with Crippen LogP contribution >= 0.6 is 0 Å². The Morgan fingerprint density at radius 3 is 2.67 bits per heavy atom. The van der Waals surface area contributed by atoms with E-state index in [2.05, 4.69) is 15.4 Å². The van der Waals surface area contributed by atoms with Crippen LogP contribution < -0.4 is 11.1 Å². The molecule has 0 bridgehead atoms. The average Bonchev–Trinajstić information content (AvgIpc) is 2.91. The van der Waals surface area contributed by atoms with Crippen molar-refractivity contribution >= 4 is 5.84 Å². The first kappa shape index (κ1) is 13.6. The third kappa shape index (κ3) is 4.14. The van der Waals surface area contributed by atoms with Gasteiger partial charge in [-0.1, -0.05) is 5.16 Å². The van der Waals surface area contributed by atoms with E-state index in [4.69, 9.17) is 10.9 Å². The average molecular weight is 254 g/mol. The van der Waals surface area contributed by atoms with Gasteiger partial charge in [0.25, 0.3) is 0 Å². The largest absolute Gasteiger partial charge is 0.409 e. The maximum Gasteiger partial charge on any atom is 0.139 e. The molecule has 2 fully saturated rings. The summed E-state index contributed by atoms with van der Waals surface area (Å²) in [7, 11) is 0. The number of nitrogens with two attached hydrogens (primary N) is 1. The summed E-state index contributed by atoms with van der Waals surface area (Å²) >= 11 is 0. The SMILES string of the molecule is NC(CC1(CNCCCN2CCCC2)CC1)=NO. The van der Waals surface area contributed by atoms with Crippen molar-refractivity contribution in [2.75, 3.05) is 32.7 Å². The quantitative estimate of drug-likeness (QED) is 0.198. The molecule has 0 aromatic heterocycles. The Bertz CT molecular complexity index is 283. The van der Waals surface area contributed by atoms with Gasteiger partial charge in [0.1, 0.15) is 5.84 Å². The maximum absolute atomic E-state index is 8.59. The molecule has 18 heavy (non-hydrogen) atoms. The zero-order chi connectivity index (χ0) is 12.8. The molecule has 2 aliphatic rings. The first-order chi connectivity index (χ1) is 8.74. The highest BCUT2D eigenvalue weighted by atomic mass is 16.4. The molecule has 1 saturated carbocycles. The van der Waals surface area contributed by atoms with Gasteiger partial charge in [-0.3, -0.25) is 0 Å². The maximum atomic E-state index is 8.59. The first-order valence-corrected chi connectivity index (χ1v) is 7.14. The lowest BCUT2D eigenvalue weighted by molar-refractivity contribution is 0.313. The molecule has 0 atom stereocenters. The van der Waals surface area contributed by atoms with Gasteiger partial charge in [0.2, 0.25) is 0 Å². The Kier molecular flexibility index (Phi) is 4.83. The lowest BCUT2D eigenvalue weighted by atomic mass is 10.0. The molecule has 5 nitrogen and oxygen atoms in total. The van der Waals surface area contributed by atoms with E-state index < -0.39 is 0 Å². The fourth-order valence-corrected chi connectivity index (χ4v) is 2.80. The van der Waals surface area contributed by atoms with Crippen molar-refractivity contribution in [1.82, 2.24) is 10.2 Å². The van der Waals surface area contributed by atoms with E-state index in [1.165, 1.54) is 51.7 Å². The molecule has 0 aromatic carbocycles. The van der Waals surface area contributed by atoms with Gasteiger partial charge < -0.3 is 21.2 Å². The molecule has 1 heterocycles. The lowest BCUT2D eigenvalue weighted by Gasteiger charge is -2.17. The minimum atomic E-state index is 0.282. The van der Waals surface area contributed by atoms with E-state index in [0.29, 0.717) is 5.84 Å². The molecule has 4 N–H and O–H groups in total. The fraction of sp³-hybridized carbons (Fsp3) is 0.923. The minimum Gasteiger partial charge on any atom is -0.409 e. The van der Waals surface area contributed by atoms with Crippen LogP contribution in [0.2, 0.25) is 0 Å². The number of hydrogen-bond donors (Lipinski definition) is 3. The Labute approximate surface area is 109 Å². The number of oxime groups is 1. The Balaban J connectivity index is 1.52. The smallest absolute Gasteiger partial charge is 0.139 e. The first-order valence-electron chi connectivity index (χ1n) is 7.14. The summed E-state index contributed by atoms with van der Waals surface area (Å²) in [6, 6.07) is 0. The van der Waals surface area contributed by atoms with Gasteiger partial charge in [0.05, 0.1) is 0 Å². The Hall–Kier alpha value is -0.810. The molecule has 1 saturated heterocycles. The predicted molar refractivity (Wildman–Crippen MR) is 72.9 cm³/mol. The lowest BCUT2D eigenvalue weighted by Crippen LogP contribution is -2.30. The zero-order valence-electron chi connectivity index (χ0n) is 11.2. The van der Waals surface area contributed by atoms with Crippen LogP contribution in [0.1, 0.15) is 38.5 Å². The fourth-order valence-electron chi connectivity index (χ4n) is 2.80. The van der Waals surface area contributed by atoms with Crippen LogP contribution in [0.25, 0.3) is 0 Å². The van der Waals surface area contributed by atoms with E-state index in [1.54, 1.807) is 0 Å². The van der Waals surface area contributed by atoms with Crippen LogP contribution in [-0.2, 0) is 0 Å². The standard InChI is InChI=1S/C13H26N4O/c14-12(16-18)10-13(4-5-13)11-15-6-3-9-17-7-1-2-8-17/h15,18H,1-11H2,(H2,14,16). The van der Waals surface area contributed by atoms with Crippen molar-refractivity contribution in [2.24, 2.45) is 16.3 Å². The van der Waals surface area contributed by atoms with E-state index in [9.17, 15) is 0 Å². The van der Waals surface area contributed by atoms with E-state index in [-0.39, 0.29) is 5.41 Å². The van der Waals surface area contributed by atoms with Crippen molar-refractivity contribution in [3.8, 4) is 0 Å². The van der Waals surface area contributed by atoms with Crippen LogP contribution in [0, 0.1) is 5.41 Å². The minimum absolute atomic E-state index is 0.282. The molecule has 5 heteroatoms. The Morgan fingerprint density at radius 2 is 2.06 bits per heavy atom. The second kappa shape index (κ2) is 6.38. The van der Waals surface area contributed by atoms with E-state index >= 15 is 0 Å². The monoisotopic (exact) mass is 254 g/mol. The normalized spacial score (nSPS) is 23.4. The van der Waals surface area contributed by atoms with E-state index in [1.807, 2.05) is 0 Å². The second-order valence-electron chi connectivity index (χ2n) is 5.85.